The van der Waals surface area contributed by atoms with E-state index >= 15 is 0 Å². The summed E-state index contributed by atoms with van der Waals surface area (Å²) in [5.41, 5.74) is 0.720. The highest BCUT2D eigenvalue weighted by molar-refractivity contribution is 7.90. The van der Waals surface area contributed by atoms with Gasteiger partial charge in [-0.15, -0.1) is 0 Å². The van der Waals surface area contributed by atoms with Crippen LogP contribution in [0.2, 0.25) is 0 Å². The Hall–Kier alpha value is -2.40. The summed E-state index contributed by atoms with van der Waals surface area (Å²) in [6.45, 7) is 1.89. The highest BCUT2D eigenvalue weighted by Crippen LogP contribution is 2.26. The topological polar surface area (TPSA) is 105 Å². The van der Waals surface area contributed by atoms with Gasteiger partial charge in [0.05, 0.1) is 17.4 Å². The zero-order chi connectivity index (χ0) is 20.7. The molecule has 8 heteroatoms. The lowest BCUT2D eigenvalue weighted by Crippen LogP contribution is -2.41. The molecule has 0 unspecified atom stereocenters. The van der Waals surface area contributed by atoms with Gasteiger partial charge in [-0.25, -0.2) is 13.2 Å². The number of esters is 1. The number of amides is 1. The second-order valence-corrected chi connectivity index (χ2v) is 9.45. The summed E-state index contributed by atoms with van der Waals surface area (Å²) < 4.78 is 28.4. The Morgan fingerprint density at radius 1 is 1.18 bits per heavy atom. The third-order valence-corrected chi connectivity index (χ3v) is 6.46. The molecular weight excluding hydrogens is 380 g/mol. The van der Waals surface area contributed by atoms with E-state index in [0.717, 1.165) is 25.7 Å². The molecule has 0 N–H and O–H groups in total. The van der Waals surface area contributed by atoms with E-state index in [0.29, 0.717) is 11.5 Å². The van der Waals surface area contributed by atoms with Gasteiger partial charge in [0.2, 0.25) is 0 Å². The van der Waals surface area contributed by atoms with Crippen LogP contribution >= 0.6 is 0 Å². The fraction of sp³-hybridized carbons (Fsp3) is 0.550. The molecule has 0 bridgehead atoms. The first-order chi connectivity index (χ1) is 13.2. The van der Waals surface area contributed by atoms with Crippen LogP contribution in [0.4, 0.5) is 0 Å². The molecule has 1 aliphatic carbocycles. The number of sulfone groups is 1. The molecule has 1 fully saturated rings. The third-order valence-electron chi connectivity index (χ3n) is 5.11. The number of ether oxygens (including phenoxy) is 1. The van der Waals surface area contributed by atoms with Crippen molar-refractivity contribution in [3.05, 3.63) is 35.4 Å². The quantitative estimate of drug-likeness (QED) is 0.644. The van der Waals surface area contributed by atoms with Crippen LogP contribution in [0.15, 0.2) is 24.3 Å². The molecule has 7 nitrogen and oxygen atoms in total. The standard InChI is InChI=1S/C20H26N2O5S/c1-15-3-9-18(10-4-15)22(2)19(23)13-27-20(24)17-7-5-16(6-8-17)14-28(25,26)12-11-21/h5-8,15,18H,3-4,9-10,12-14H2,1-2H3. The molecule has 152 valence electrons. The first-order valence-electron chi connectivity index (χ1n) is 9.31. The first kappa shape index (κ1) is 21.9. The van der Waals surface area contributed by atoms with Gasteiger partial charge in [0.15, 0.2) is 16.4 Å². The number of carbonyl (C=O) groups is 2. The molecule has 1 aromatic rings. The summed E-state index contributed by atoms with van der Waals surface area (Å²) in [6.07, 6.45) is 4.12. The molecule has 0 aliphatic heterocycles. The van der Waals surface area contributed by atoms with Crippen LogP contribution < -0.4 is 0 Å². The van der Waals surface area contributed by atoms with Crippen LogP contribution in [-0.2, 0) is 25.1 Å². The Morgan fingerprint density at radius 3 is 2.36 bits per heavy atom. The Balaban J connectivity index is 1.85. The molecule has 1 saturated carbocycles. The number of benzene rings is 1. The summed E-state index contributed by atoms with van der Waals surface area (Å²) in [4.78, 5) is 26.1. The molecule has 0 atom stereocenters. The lowest BCUT2D eigenvalue weighted by atomic mass is 9.87. The van der Waals surface area contributed by atoms with E-state index in [-0.39, 0.29) is 29.9 Å². The third kappa shape index (κ3) is 6.34. The molecule has 0 spiro atoms. The maximum atomic E-state index is 12.3. The average molecular weight is 407 g/mol. The van der Waals surface area contributed by atoms with Gasteiger partial charge in [-0.05, 0) is 49.3 Å². The number of rotatable bonds is 7. The lowest BCUT2D eigenvalue weighted by molar-refractivity contribution is -0.136. The van der Waals surface area contributed by atoms with E-state index < -0.39 is 21.6 Å². The van der Waals surface area contributed by atoms with Crippen LogP contribution in [0.5, 0.6) is 0 Å². The monoisotopic (exact) mass is 406 g/mol. The summed E-state index contributed by atoms with van der Waals surface area (Å²) in [6, 6.07) is 7.73. The fourth-order valence-corrected chi connectivity index (χ4v) is 4.29. The number of nitriles is 1. The van der Waals surface area contributed by atoms with Gasteiger partial charge in [-0.3, -0.25) is 4.79 Å². The molecule has 0 saturated heterocycles. The van der Waals surface area contributed by atoms with E-state index in [1.54, 1.807) is 18.0 Å². The Kier molecular flexibility index (Phi) is 7.58. The molecule has 1 aliphatic rings. The smallest absolute Gasteiger partial charge is 0.338 e. The maximum absolute atomic E-state index is 12.3. The van der Waals surface area contributed by atoms with Gasteiger partial charge in [0, 0.05) is 13.1 Å². The summed E-state index contributed by atoms with van der Waals surface area (Å²) in [5, 5.41) is 8.51. The largest absolute Gasteiger partial charge is 0.452 e. The van der Waals surface area contributed by atoms with Gasteiger partial charge in [-0.2, -0.15) is 5.26 Å². The first-order valence-corrected chi connectivity index (χ1v) is 11.1. The number of nitrogens with zero attached hydrogens (tertiary/aromatic N) is 2. The van der Waals surface area contributed by atoms with Crippen molar-refractivity contribution in [3.63, 3.8) is 0 Å². The highest BCUT2D eigenvalue weighted by Gasteiger charge is 2.25. The molecule has 0 heterocycles. The lowest BCUT2D eigenvalue weighted by Gasteiger charge is -2.33. The minimum Gasteiger partial charge on any atom is -0.452 e. The fourth-order valence-electron chi connectivity index (χ4n) is 3.29. The van der Waals surface area contributed by atoms with Crippen molar-refractivity contribution in [3.8, 4) is 6.07 Å². The Morgan fingerprint density at radius 2 is 1.79 bits per heavy atom. The molecule has 2 rings (SSSR count). The highest BCUT2D eigenvalue weighted by atomic mass is 32.2. The zero-order valence-electron chi connectivity index (χ0n) is 16.3. The number of hydrogen-bond donors (Lipinski definition) is 0. The van der Waals surface area contributed by atoms with Gasteiger partial charge < -0.3 is 9.64 Å². The van der Waals surface area contributed by atoms with Crippen LogP contribution in [0, 0.1) is 17.2 Å². The van der Waals surface area contributed by atoms with Crippen LogP contribution in [-0.4, -0.2) is 50.6 Å². The normalized spacial score (nSPS) is 19.5. The summed E-state index contributed by atoms with van der Waals surface area (Å²) in [7, 11) is -1.75. The van der Waals surface area contributed by atoms with Crippen molar-refractivity contribution in [1.29, 1.82) is 5.26 Å². The van der Waals surface area contributed by atoms with E-state index in [1.165, 1.54) is 24.3 Å². The van der Waals surface area contributed by atoms with Crippen molar-refractivity contribution in [2.24, 2.45) is 5.92 Å². The SMILES string of the molecule is CC1CCC(N(C)C(=O)COC(=O)c2ccc(CS(=O)(=O)CC#N)cc2)CC1. The van der Waals surface area contributed by atoms with E-state index in [9.17, 15) is 18.0 Å². The Bertz CT molecular complexity index is 834. The van der Waals surface area contributed by atoms with Crippen molar-refractivity contribution in [2.45, 2.75) is 44.4 Å². The van der Waals surface area contributed by atoms with Gasteiger partial charge in [0.25, 0.3) is 5.91 Å². The average Bonchev–Trinajstić information content (AvgIpc) is 2.66. The molecule has 28 heavy (non-hydrogen) atoms. The van der Waals surface area contributed by atoms with Crippen molar-refractivity contribution in [1.82, 2.24) is 4.90 Å². The second kappa shape index (κ2) is 9.69. The molecule has 0 aromatic heterocycles. The predicted molar refractivity (Wildman–Crippen MR) is 104 cm³/mol. The van der Waals surface area contributed by atoms with E-state index in [2.05, 4.69) is 6.92 Å². The number of likely N-dealkylation sites (N-methyl/N-ethyl adjacent to an activating group) is 1. The maximum Gasteiger partial charge on any atom is 0.338 e. The van der Waals surface area contributed by atoms with Gasteiger partial charge in [0.1, 0.15) is 5.75 Å². The number of carbonyl (C=O) groups excluding carboxylic acids is 2. The van der Waals surface area contributed by atoms with Crippen LogP contribution in [0.25, 0.3) is 0 Å². The molecule has 1 aromatic carbocycles. The van der Waals surface area contributed by atoms with Crippen LogP contribution in [0.3, 0.4) is 0 Å². The van der Waals surface area contributed by atoms with Crippen LogP contribution in [0.1, 0.15) is 48.5 Å². The van der Waals surface area contributed by atoms with Crippen molar-refractivity contribution in [2.75, 3.05) is 19.4 Å². The van der Waals surface area contributed by atoms with Crippen molar-refractivity contribution < 1.29 is 22.7 Å². The molecule has 1 amide bonds. The Labute approximate surface area is 166 Å². The minimum absolute atomic E-state index is 0.192. The number of hydrogen-bond acceptors (Lipinski definition) is 6. The van der Waals surface area contributed by atoms with Gasteiger partial charge >= 0.3 is 5.97 Å². The zero-order valence-corrected chi connectivity index (χ0v) is 17.1. The molecular formula is C20H26N2O5S. The van der Waals surface area contributed by atoms with E-state index in [4.69, 9.17) is 10.00 Å². The van der Waals surface area contributed by atoms with Crippen molar-refractivity contribution >= 4 is 21.7 Å². The van der Waals surface area contributed by atoms with E-state index in [1.807, 2.05) is 0 Å². The summed E-state index contributed by atoms with van der Waals surface area (Å²) >= 11 is 0. The minimum atomic E-state index is -3.49. The van der Waals surface area contributed by atoms with Gasteiger partial charge in [-0.1, -0.05) is 19.1 Å². The predicted octanol–water partition coefficient (Wildman–Crippen LogP) is 2.32. The molecule has 0 radical (unpaired) electrons. The summed E-state index contributed by atoms with van der Waals surface area (Å²) in [5.74, 6) is -0.987. The second-order valence-electron chi connectivity index (χ2n) is 7.38.